The van der Waals surface area contributed by atoms with Gasteiger partial charge in [-0.25, -0.2) is 9.48 Å². The van der Waals surface area contributed by atoms with Crippen LogP contribution in [0.5, 0.6) is 0 Å². The van der Waals surface area contributed by atoms with Crippen molar-refractivity contribution in [3.05, 3.63) is 52.8 Å². The SMILES string of the molecule is CCOC(=O)c1cnn(-c2ccc(C(=O)N3CCC(C(=O)Nc4nncs4)CC3)cc2)c1C. The smallest absolute Gasteiger partial charge is 0.341 e. The molecule has 3 aromatic rings. The maximum absolute atomic E-state index is 12.9. The summed E-state index contributed by atoms with van der Waals surface area (Å²) in [5.74, 6) is -0.723. The molecular formula is C22H24N6O4S. The molecule has 10 nitrogen and oxygen atoms in total. The van der Waals surface area contributed by atoms with E-state index in [9.17, 15) is 14.4 Å². The maximum Gasteiger partial charge on any atom is 0.341 e. The number of benzene rings is 1. The van der Waals surface area contributed by atoms with Crippen LogP contribution < -0.4 is 5.32 Å². The summed E-state index contributed by atoms with van der Waals surface area (Å²) in [5.41, 5.74) is 3.95. The first-order valence-corrected chi connectivity index (χ1v) is 11.5. The van der Waals surface area contributed by atoms with E-state index in [1.54, 1.807) is 53.2 Å². The third-order valence-corrected chi connectivity index (χ3v) is 6.21. The molecule has 0 atom stereocenters. The van der Waals surface area contributed by atoms with Crippen molar-refractivity contribution in [1.82, 2.24) is 24.9 Å². The first-order chi connectivity index (χ1) is 16.0. The molecule has 0 bridgehead atoms. The lowest BCUT2D eigenvalue weighted by Gasteiger charge is -2.31. The summed E-state index contributed by atoms with van der Waals surface area (Å²) in [6.07, 6.45) is 2.67. The number of ether oxygens (including phenoxy) is 1. The number of nitrogens with zero attached hydrogens (tertiary/aromatic N) is 5. The van der Waals surface area contributed by atoms with Gasteiger partial charge in [-0.2, -0.15) is 5.10 Å². The lowest BCUT2D eigenvalue weighted by atomic mass is 9.95. The van der Waals surface area contributed by atoms with Gasteiger partial charge < -0.3 is 15.0 Å². The molecule has 1 N–H and O–H groups in total. The number of carbonyl (C=O) groups excluding carboxylic acids is 3. The second-order valence-corrected chi connectivity index (χ2v) is 8.46. The molecule has 33 heavy (non-hydrogen) atoms. The van der Waals surface area contributed by atoms with Gasteiger partial charge in [0, 0.05) is 24.6 Å². The Kier molecular flexibility index (Phi) is 6.78. The monoisotopic (exact) mass is 468 g/mol. The van der Waals surface area contributed by atoms with Crippen molar-refractivity contribution in [2.24, 2.45) is 5.92 Å². The first kappa shape index (κ1) is 22.6. The number of piperidine rings is 1. The number of likely N-dealkylation sites (tertiary alicyclic amines) is 1. The Hall–Kier alpha value is -3.60. The van der Waals surface area contributed by atoms with Gasteiger partial charge in [0.1, 0.15) is 11.1 Å². The molecule has 0 saturated carbocycles. The molecule has 11 heteroatoms. The summed E-state index contributed by atoms with van der Waals surface area (Å²) in [6, 6.07) is 7.09. The van der Waals surface area contributed by atoms with E-state index in [1.165, 1.54) is 17.5 Å². The van der Waals surface area contributed by atoms with E-state index < -0.39 is 5.97 Å². The van der Waals surface area contributed by atoms with Crippen LogP contribution in [0.15, 0.2) is 36.0 Å². The largest absolute Gasteiger partial charge is 0.462 e. The van der Waals surface area contributed by atoms with Crippen molar-refractivity contribution >= 4 is 34.3 Å². The number of anilines is 1. The Morgan fingerprint density at radius 1 is 1.18 bits per heavy atom. The first-order valence-electron chi connectivity index (χ1n) is 10.7. The molecule has 0 radical (unpaired) electrons. The molecule has 4 rings (SSSR count). The quantitative estimate of drug-likeness (QED) is 0.552. The molecule has 1 aliphatic heterocycles. The van der Waals surface area contributed by atoms with E-state index >= 15 is 0 Å². The fourth-order valence-electron chi connectivity index (χ4n) is 3.79. The van der Waals surface area contributed by atoms with Gasteiger partial charge in [-0.1, -0.05) is 11.3 Å². The van der Waals surface area contributed by atoms with Gasteiger partial charge in [0.05, 0.1) is 24.2 Å². The van der Waals surface area contributed by atoms with Gasteiger partial charge in [-0.3, -0.25) is 9.59 Å². The van der Waals surface area contributed by atoms with E-state index in [1.807, 2.05) is 0 Å². The fourth-order valence-corrected chi connectivity index (χ4v) is 4.23. The van der Waals surface area contributed by atoms with Crippen LogP contribution in [0.3, 0.4) is 0 Å². The summed E-state index contributed by atoms with van der Waals surface area (Å²) >= 11 is 1.28. The summed E-state index contributed by atoms with van der Waals surface area (Å²) in [6.45, 7) is 4.87. The molecule has 172 valence electrons. The van der Waals surface area contributed by atoms with Crippen molar-refractivity contribution < 1.29 is 19.1 Å². The number of aromatic nitrogens is 4. The van der Waals surface area contributed by atoms with E-state index in [0.717, 1.165) is 5.69 Å². The van der Waals surface area contributed by atoms with Crippen LogP contribution in [0.4, 0.5) is 5.13 Å². The lowest BCUT2D eigenvalue weighted by molar-refractivity contribution is -0.121. The van der Waals surface area contributed by atoms with Crippen molar-refractivity contribution in [3.8, 4) is 5.69 Å². The Bertz CT molecular complexity index is 1130. The molecule has 0 unspecified atom stereocenters. The number of hydrogen-bond acceptors (Lipinski definition) is 8. The number of amides is 2. The average molecular weight is 469 g/mol. The van der Waals surface area contributed by atoms with Crippen molar-refractivity contribution in [1.29, 1.82) is 0 Å². The molecular weight excluding hydrogens is 444 g/mol. The Morgan fingerprint density at radius 2 is 1.91 bits per heavy atom. The van der Waals surface area contributed by atoms with Gasteiger partial charge >= 0.3 is 5.97 Å². The van der Waals surface area contributed by atoms with Crippen LogP contribution in [0, 0.1) is 12.8 Å². The molecule has 0 aliphatic carbocycles. The second-order valence-electron chi connectivity index (χ2n) is 7.62. The predicted molar refractivity (Wildman–Crippen MR) is 121 cm³/mol. The molecule has 3 heterocycles. The van der Waals surface area contributed by atoms with Crippen molar-refractivity contribution in [2.45, 2.75) is 26.7 Å². The van der Waals surface area contributed by atoms with E-state index in [4.69, 9.17) is 4.74 Å². The topological polar surface area (TPSA) is 119 Å². The Balaban J connectivity index is 1.36. The molecule has 2 aromatic heterocycles. The third kappa shape index (κ3) is 4.92. The summed E-state index contributed by atoms with van der Waals surface area (Å²) < 4.78 is 6.69. The number of esters is 1. The van der Waals surface area contributed by atoms with Gasteiger partial charge in [-0.05, 0) is 51.0 Å². The predicted octanol–water partition coefficient (Wildman–Crippen LogP) is 2.70. The van der Waals surface area contributed by atoms with Gasteiger partial charge in [0.25, 0.3) is 5.91 Å². The fraction of sp³-hybridized carbons (Fsp3) is 0.364. The molecule has 1 fully saturated rings. The number of hydrogen-bond donors (Lipinski definition) is 1. The van der Waals surface area contributed by atoms with E-state index in [0.29, 0.717) is 54.5 Å². The van der Waals surface area contributed by atoms with Crippen LogP contribution in [0.1, 0.15) is 46.2 Å². The minimum atomic E-state index is -0.409. The summed E-state index contributed by atoms with van der Waals surface area (Å²) in [5, 5.41) is 15.1. The van der Waals surface area contributed by atoms with Crippen molar-refractivity contribution in [2.75, 3.05) is 25.0 Å². The summed E-state index contributed by atoms with van der Waals surface area (Å²) in [4.78, 5) is 39.1. The molecule has 0 spiro atoms. The zero-order chi connectivity index (χ0) is 23.4. The standard InChI is InChI=1S/C22H24N6O4S/c1-3-32-21(31)18-12-24-28(14(18)2)17-6-4-16(5-7-17)20(30)27-10-8-15(9-11-27)19(29)25-22-26-23-13-33-22/h4-7,12-13,15H,3,8-11H2,1-2H3,(H,25,26,29). The highest BCUT2D eigenvalue weighted by molar-refractivity contribution is 7.13. The highest BCUT2D eigenvalue weighted by Crippen LogP contribution is 2.22. The molecule has 1 aromatic carbocycles. The molecule has 1 aliphatic rings. The number of rotatable bonds is 6. The van der Waals surface area contributed by atoms with Gasteiger partial charge in [0.2, 0.25) is 11.0 Å². The van der Waals surface area contributed by atoms with Gasteiger partial charge in [0.15, 0.2) is 0 Å². The van der Waals surface area contributed by atoms with E-state index in [2.05, 4.69) is 20.6 Å². The Labute approximate surface area is 194 Å². The second kappa shape index (κ2) is 9.90. The van der Waals surface area contributed by atoms with E-state index in [-0.39, 0.29) is 17.7 Å². The minimum Gasteiger partial charge on any atom is -0.462 e. The molecule has 2 amide bonds. The number of nitrogens with one attached hydrogen (secondary N) is 1. The zero-order valence-corrected chi connectivity index (χ0v) is 19.2. The van der Waals surface area contributed by atoms with Crippen LogP contribution in [-0.2, 0) is 9.53 Å². The Morgan fingerprint density at radius 3 is 2.55 bits per heavy atom. The third-order valence-electron chi connectivity index (χ3n) is 5.61. The van der Waals surface area contributed by atoms with Crippen LogP contribution in [0.2, 0.25) is 0 Å². The maximum atomic E-state index is 12.9. The van der Waals surface area contributed by atoms with Gasteiger partial charge in [-0.15, -0.1) is 10.2 Å². The highest BCUT2D eigenvalue weighted by Gasteiger charge is 2.28. The highest BCUT2D eigenvalue weighted by atomic mass is 32.1. The van der Waals surface area contributed by atoms with Crippen LogP contribution in [-0.4, -0.2) is 62.4 Å². The zero-order valence-electron chi connectivity index (χ0n) is 18.4. The lowest BCUT2D eigenvalue weighted by Crippen LogP contribution is -2.41. The number of carbonyl (C=O) groups is 3. The van der Waals surface area contributed by atoms with Crippen LogP contribution in [0.25, 0.3) is 5.69 Å². The summed E-state index contributed by atoms with van der Waals surface area (Å²) in [7, 11) is 0. The minimum absolute atomic E-state index is 0.0751. The normalized spacial score (nSPS) is 14.2. The van der Waals surface area contributed by atoms with Crippen LogP contribution >= 0.6 is 11.3 Å². The average Bonchev–Trinajstić information content (AvgIpc) is 3.48. The molecule has 1 saturated heterocycles. The van der Waals surface area contributed by atoms with Crippen molar-refractivity contribution in [3.63, 3.8) is 0 Å².